The number of rotatable bonds is 40. The summed E-state index contributed by atoms with van der Waals surface area (Å²) in [5.41, 5.74) is 2.33. The Morgan fingerprint density at radius 2 is 0.982 bits per heavy atom. The van der Waals surface area contributed by atoms with Crippen molar-refractivity contribution in [1.29, 1.82) is 0 Å². The Kier molecular flexibility index (Phi) is 33.9. The van der Waals surface area contributed by atoms with Crippen LogP contribution in [0.5, 0.6) is 5.75 Å². The first-order valence-corrected chi connectivity index (χ1v) is 24.6. The lowest BCUT2D eigenvalue weighted by Gasteiger charge is -2.34. The number of nitrogens with zero attached hydrogens (tertiary/aromatic N) is 2. The molecule has 56 heavy (non-hydrogen) atoms. The number of piperazine rings is 1. The van der Waals surface area contributed by atoms with Gasteiger partial charge in [-0.2, -0.15) is 0 Å². The number of aryl methyl sites for hydroxylation is 1. The second-order valence-electron chi connectivity index (χ2n) is 17.3. The molecule has 1 aliphatic rings. The predicted molar refractivity (Wildman–Crippen MR) is 240 cm³/mol. The Morgan fingerprint density at radius 3 is 1.45 bits per heavy atom. The summed E-state index contributed by atoms with van der Waals surface area (Å²) in [5.74, 6) is 0.787. The minimum absolute atomic E-state index is 0.122. The molecule has 1 heterocycles. The molecule has 0 bridgehead atoms. The highest BCUT2D eigenvalue weighted by Crippen LogP contribution is 2.24. The molecule has 0 atom stereocenters. The molecule has 1 aromatic rings. The lowest BCUT2D eigenvalue weighted by atomic mass is 10.0. The molecule has 1 aromatic carbocycles. The van der Waals surface area contributed by atoms with Gasteiger partial charge in [-0.15, -0.1) is 0 Å². The number of carbonyl (C=O) groups is 1. The third kappa shape index (κ3) is 28.7. The van der Waals surface area contributed by atoms with Crippen LogP contribution in [0.2, 0.25) is 0 Å². The van der Waals surface area contributed by atoms with Crippen LogP contribution in [0.1, 0.15) is 224 Å². The van der Waals surface area contributed by atoms with Crippen molar-refractivity contribution in [3.8, 4) is 5.75 Å². The molecule has 1 fully saturated rings. The van der Waals surface area contributed by atoms with Gasteiger partial charge < -0.3 is 19.5 Å². The van der Waals surface area contributed by atoms with Crippen molar-refractivity contribution < 1.29 is 19.4 Å². The molecule has 1 aliphatic heterocycles. The minimum Gasteiger partial charge on any atom is -0.493 e. The predicted octanol–water partition coefficient (Wildman–Crippen LogP) is 13.4. The number of benzene rings is 1. The van der Waals surface area contributed by atoms with Crippen molar-refractivity contribution in [3.63, 3.8) is 0 Å². The van der Waals surface area contributed by atoms with Gasteiger partial charge in [0.15, 0.2) is 0 Å². The molecule has 1 saturated heterocycles. The molecule has 0 spiro atoms. The molecular formula is C50H92N2O4. The number of carbonyl (C=O) groups excluding carboxylic acids is 1. The van der Waals surface area contributed by atoms with Gasteiger partial charge in [-0.3, -0.25) is 9.69 Å². The van der Waals surface area contributed by atoms with Gasteiger partial charge in [0, 0.05) is 44.7 Å². The van der Waals surface area contributed by atoms with E-state index in [9.17, 15) is 9.90 Å². The van der Waals surface area contributed by atoms with E-state index in [4.69, 9.17) is 9.47 Å². The van der Waals surface area contributed by atoms with E-state index < -0.39 is 0 Å². The number of hydrogen-bond acceptors (Lipinski definition) is 6. The van der Waals surface area contributed by atoms with Gasteiger partial charge in [-0.05, 0) is 43.9 Å². The first-order valence-electron chi connectivity index (χ1n) is 24.6. The molecule has 0 radical (unpaired) electrons. The summed E-state index contributed by atoms with van der Waals surface area (Å²) in [7, 11) is 0. The monoisotopic (exact) mass is 785 g/mol. The number of unbranched alkanes of at least 4 members (excludes halogenated alkanes) is 27. The molecule has 0 amide bonds. The lowest BCUT2D eigenvalue weighted by molar-refractivity contribution is -0.145. The number of β-amino-alcohol motifs (C(OH)–C–C–N with tert-alkyl or cyclic N) is 1. The number of esters is 1. The fourth-order valence-electron chi connectivity index (χ4n) is 8.24. The van der Waals surface area contributed by atoms with Crippen molar-refractivity contribution in [2.75, 3.05) is 52.5 Å². The molecule has 0 aliphatic carbocycles. The first kappa shape index (κ1) is 50.5. The molecule has 6 nitrogen and oxygen atoms in total. The SMILES string of the molecule is CCCCCCCCCCCCCCCCCCOc1cc(CCCCCCCCCCCCCCC)ccc1COC(=O)CCCN1CCN(CCO)CC1. The van der Waals surface area contributed by atoms with E-state index in [0.717, 1.165) is 76.5 Å². The maximum atomic E-state index is 12.7. The summed E-state index contributed by atoms with van der Waals surface area (Å²) in [6.07, 6.45) is 42.1. The molecule has 0 saturated carbocycles. The molecule has 0 unspecified atom stereocenters. The average molecular weight is 785 g/mol. The van der Waals surface area contributed by atoms with Crippen molar-refractivity contribution in [3.05, 3.63) is 29.3 Å². The van der Waals surface area contributed by atoms with Crippen LogP contribution in [0.25, 0.3) is 0 Å². The summed E-state index contributed by atoms with van der Waals surface area (Å²) in [6, 6.07) is 6.59. The van der Waals surface area contributed by atoms with Gasteiger partial charge in [0.05, 0.1) is 13.2 Å². The molecule has 6 heteroatoms. The topological polar surface area (TPSA) is 62.2 Å². The van der Waals surface area contributed by atoms with Crippen molar-refractivity contribution in [2.45, 2.75) is 226 Å². The van der Waals surface area contributed by atoms with E-state index in [1.807, 2.05) is 0 Å². The van der Waals surface area contributed by atoms with Crippen LogP contribution in [-0.2, 0) is 22.6 Å². The van der Waals surface area contributed by atoms with Gasteiger partial charge in [0.2, 0.25) is 0 Å². The highest BCUT2D eigenvalue weighted by Gasteiger charge is 2.17. The van der Waals surface area contributed by atoms with Crippen molar-refractivity contribution in [1.82, 2.24) is 9.80 Å². The maximum Gasteiger partial charge on any atom is 0.306 e. The number of aliphatic hydroxyl groups excluding tert-OH is 1. The van der Waals surface area contributed by atoms with Gasteiger partial charge >= 0.3 is 5.97 Å². The quantitative estimate of drug-likeness (QED) is 0.0528. The summed E-state index contributed by atoms with van der Waals surface area (Å²) in [6.45, 7) is 11.5. The normalized spacial score (nSPS) is 13.8. The summed E-state index contributed by atoms with van der Waals surface area (Å²) >= 11 is 0. The Labute approximate surface area is 347 Å². The average Bonchev–Trinajstić information content (AvgIpc) is 3.21. The zero-order valence-electron chi connectivity index (χ0n) is 37.3. The van der Waals surface area contributed by atoms with Crippen LogP contribution >= 0.6 is 0 Å². The molecule has 2 rings (SSSR count). The van der Waals surface area contributed by atoms with Crippen LogP contribution in [0.15, 0.2) is 18.2 Å². The van der Waals surface area contributed by atoms with Crippen molar-refractivity contribution in [2.24, 2.45) is 0 Å². The van der Waals surface area contributed by atoms with E-state index in [-0.39, 0.29) is 19.2 Å². The van der Waals surface area contributed by atoms with E-state index >= 15 is 0 Å². The zero-order valence-corrected chi connectivity index (χ0v) is 37.3. The van der Waals surface area contributed by atoms with Crippen LogP contribution in [-0.4, -0.2) is 73.4 Å². The standard InChI is InChI=1S/C50H92N2O4/c1-3-5-7-9-11-13-15-17-18-19-21-23-25-27-29-31-44-55-49-45-47(33-30-28-26-24-22-20-16-14-12-10-8-6-4-2)35-36-48(49)46-56-50(54)34-32-37-51-38-40-52(41-39-51)42-43-53/h35-36,45,53H,3-34,37-44,46H2,1-2H3. The molecular weight excluding hydrogens is 693 g/mol. The van der Waals surface area contributed by atoms with Gasteiger partial charge in [0.25, 0.3) is 0 Å². The van der Waals surface area contributed by atoms with Crippen LogP contribution in [0.3, 0.4) is 0 Å². The van der Waals surface area contributed by atoms with E-state index in [1.165, 1.54) is 185 Å². The van der Waals surface area contributed by atoms with E-state index in [0.29, 0.717) is 6.42 Å². The third-order valence-electron chi connectivity index (χ3n) is 12.1. The Hall–Kier alpha value is -1.63. The largest absolute Gasteiger partial charge is 0.493 e. The number of hydrogen-bond donors (Lipinski definition) is 1. The Morgan fingerprint density at radius 1 is 0.554 bits per heavy atom. The van der Waals surface area contributed by atoms with Crippen LogP contribution in [0.4, 0.5) is 0 Å². The maximum absolute atomic E-state index is 12.7. The second kappa shape index (κ2) is 37.6. The van der Waals surface area contributed by atoms with Gasteiger partial charge in [-0.1, -0.05) is 199 Å². The van der Waals surface area contributed by atoms with Crippen LogP contribution in [0, 0.1) is 0 Å². The molecule has 1 N–H and O–H groups in total. The van der Waals surface area contributed by atoms with Gasteiger partial charge in [-0.25, -0.2) is 0 Å². The summed E-state index contributed by atoms with van der Waals surface area (Å²) < 4.78 is 12.2. The highest BCUT2D eigenvalue weighted by atomic mass is 16.5. The van der Waals surface area contributed by atoms with E-state index in [2.05, 4.69) is 41.8 Å². The lowest BCUT2D eigenvalue weighted by Crippen LogP contribution is -2.47. The Bertz CT molecular complexity index is 1010. The van der Waals surface area contributed by atoms with E-state index in [1.54, 1.807) is 0 Å². The fraction of sp³-hybridized carbons (Fsp3) is 0.860. The summed E-state index contributed by atoms with van der Waals surface area (Å²) in [5, 5.41) is 9.19. The van der Waals surface area contributed by atoms with Crippen LogP contribution < -0.4 is 4.74 Å². The Balaban J connectivity index is 1.65. The third-order valence-corrected chi connectivity index (χ3v) is 12.1. The van der Waals surface area contributed by atoms with Gasteiger partial charge in [0.1, 0.15) is 12.4 Å². The summed E-state index contributed by atoms with van der Waals surface area (Å²) in [4.78, 5) is 17.5. The minimum atomic E-state index is -0.122. The molecule has 326 valence electrons. The second-order valence-corrected chi connectivity index (χ2v) is 17.3. The zero-order chi connectivity index (χ0) is 40.0. The number of ether oxygens (including phenoxy) is 2. The highest BCUT2D eigenvalue weighted by molar-refractivity contribution is 5.69. The fourth-order valence-corrected chi connectivity index (χ4v) is 8.24. The molecule has 0 aromatic heterocycles. The number of aliphatic hydroxyl groups is 1. The smallest absolute Gasteiger partial charge is 0.306 e. The van der Waals surface area contributed by atoms with Crippen molar-refractivity contribution >= 4 is 5.97 Å². The first-order chi connectivity index (χ1) is 27.7.